The third-order valence-corrected chi connectivity index (χ3v) is 5.70. The first-order valence-corrected chi connectivity index (χ1v) is 9.91. The van der Waals surface area contributed by atoms with Crippen LogP contribution in [0.1, 0.15) is 77.1 Å². The number of phenols is 1. The summed E-state index contributed by atoms with van der Waals surface area (Å²) in [7, 11) is 0. The lowest BCUT2D eigenvalue weighted by Crippen LogP contribution is -2.45. The Hall–Kier alpha value is -1.06. The monoisotopic (exact) mass is 344 g/mol. The van der Waals surface area contributed by atoms with E-state index in [0.717, 1.165) is 43.2 Å². The summed E-state index contributed by atoms with van der Waals surface area (Å²) in [6.45, 7) is 17.6. The van der Waals surface area contributed by atoms with Crippen LogP contribution in [0.3, 0.4) is 0 Å². The topological polar surface area (TPSA) is 35.5 Å². The van der Waals surface area contributed by atoms with Crippen LogP contribution in [0.25, 0.3) is 0 Å². The molecule has 1 aromatic rings. The van der Waals surface area contributed by atoms with Crippen molar-refractivity contribution in [3.63, 3.8) is 0 Å². The molecule has 0 aromatic heterocycles. The molecule has 1 saturated heterocycles. The predicted molar refractivity (Wildman–Crippen MR) is 105 cm³/mol. The lowest BCUT2D eigenvalue weighted by molar-refractivity contribution is 0.156. The summed E-state index contributed by atoms with van der Waals surface area (Å²) in [5.41, 5.74) is 3.48. The van der Waals surface area contributed by atoms with Crippen molar-refractivity contribution in [1.82, 2.24) is 10.2 Å². The zero-order valence-electron chi connectivity index (χ0n) is 16.9. The van der Waals surface area contributed by atoms with Crippen LogP contribution < -0.4 is 5.32 Å². The average molecular weight is 345 g/mol. The molecule has 0 unspecified atom stereocenters. The maximum absolute atomic E-state index is 11.0. The second-order valence-electron chi connectivity index (χ2n) is 10.0. The van der Waals surface area contributed by atoms with Gasteiger partial charge in [0, 0.05) is 32.2 Å². The zero-order chi connectivity index (χ0) is 18.4. The highest BCUT2D eigenvalue weighted by Gasteiger charge is 2.38. The molecule has 0 bridgehead atoms. The maximum Gasteiger partial charge on any atom is 0.123 e. The number of piperazine rings is 1. The van der Waals surface area contributed by atoms with Crippen molar-refractivity contribution in [1.29, 1.82) is 0 Å². The minimum Gasteiger partial charge on any atom is -0.507 e. The Bertz CT molecular complexity index is 579. The molecule has 3 rings (SSSR count). The van der Waals surface area contributed by atoms with Gasteiger partial charge in [0.15, 0.2) is 0 Å². The van der Waals surface area contributed by atoms with Gasteiger partial charge in [0.1, 0.15) is 5.75 Å². The third kappa shape index (κ3) is 4.03. The second-order valence-corrected chi connectivity index (χ2v) is 10.0. The van der Waals surface area contributed by atoms with E-state index in [2.05, 4.69) is 63.9 Å². The van der Waals surface area contributed by atoms with Crippen molar-refractivity contribution in [2.75, 3.05) is 26.2 Å². The van der Waals surface area contributed by atoms with Gasteiger partial charge in [-0.2, -0.15) is 0 Å². The lowest BCUT2D eigenvalue weighted by Gasteiger charge is -2.37. The Morgan fingerprint density at radius 1 is 0.960 bits per heavy atom. The van der Waals surface area contributed by atoms with Gasteiger partial charge in [0.05, 0.1) is 0 Å². The molecule has 3 heteroatoms. The van der Waals surface area contributed by atoms with Crippen LogP contribution in [0.5, 0.6) is 5.75 Å². The van der Waals surface area contributed by atoms with Gasteiger partial charge in [0.25, 0.3) is 0 Å². The van der Waals surface area contributed by atoms with E-state index in [-0.39, 0.29) is 10.8 Å². The van der Waals surface area contributed by atoms with Crippen LogP contribution in [0.4, 0.5) is 0 Å². The van der Waals surface area contributed by atoms with Crippen molar-refractivity contribution in [2.24, 2.45) is 5.92 Å². The number of phenolic OH excluding ortho intramolecular Hbond substituents is 1. The van der Waals surface area contributed by atoms with Crippen LogP contribution in [0, 0.1) is 5.92 Å². The number of hydrogen-bond acceptors (Lipinski definition) is 3. The highest BCUT2D eigenvalue weighted by Crippen LogP contribution is 2.48. The van der Waals surface area contributed by atoms with Crippen LogP contribution in [-0.4, -0.2) is 36.2 Å². The Morgan fingerprint density at radius 2 is 1.44 bits per heavy atom. The fourth-order valence-electron chi connectivity index (χ4n) is 4.12. The summed E-state index contributed by atoms with van der Waals surface area (Å²) < 4.78 is 0. The molecule has 0 amide bonds. The highest BCUT2D eigenvalue weighted by atomic mass is 16.3. The molecule has 0 radical (unpaired) electrons. The molecule has 140 valence electrons. The Morgan fingerprint density at radius 3 is 1.84 bits per heavy atom. The van der Waals surface area contributed by atoms with Gasteiger partial charge >= 0.3 is 0 Å². The minimum atomic E-state index is -0.0579. The van der Waals surface area contributed by atoms with Gasteiger partial charge in [-0.1, -0.05) is 41.5 Å². The molecular weight excluding hydrogens is 308 g/mol. The van der Waals surface area contributed by atoms with E-state index in [9.17, 15) is 5.11 Å². The summed E-state index contributed by atoms with van der Waals surface area (Å²) in [6, 6.07) is 5.11. The van der Waals surface area contributed by atoms with E-state index in [0.29, 0.717) is 11.8 Å². The van der Waals surface area contributed by atoms with E-state index in [4.69, 9.17) is 0 Å². The first-order valence-electron chi connectivity index (χ1n) is 9.91. The standard InChI is InChI=1S/C22H36N2O/c1-21(2,3)17-13-16(14-18(20(17)25)22(4,5)6)19(15-7-8-15)24-11-9-23-10-12-24/h13-15,19,23,25H,7-12H2,1-6H3/t19-/m0/s1. The quantitative estimate of drug-likeness (QED) is 0.856. The van der Waals surface area contributed by atoms with Gasteiger partial charge in [-0.3, -0.25) is 4.90 Å². The van der Waals surface area contributed by atoms with Gasteiger partial charge in [-0.05, 0) is 58.4 Å². The van der Waals surface area contributed by atoms with Gasteiger partial charge in [-0.25, -0.2) is 0 Å². The molecule has 25 heavy (non-hydrogen) atoms. The maximum atomic E-state index is 11.0. The first kappa shape index (κ1) is 18.7. The molecule has 1 aliphatic heterocycles. The summed E-state index contributed by atoms with van der Waals surface area (Å²) in [5.74, 6) is 1.28. The van der Waals surface area contributed by atoms with Crippen LogP contribution in [0.15, 0.2) is 12.1 Å². The average Bonchev–Trinajstić information content (AvgIpc) is 3.32. The molecule has 2 aliphatic rings. The number of nitrogens with one attached hydrogen (secondary N) is 1. The third-order valence-electron chi connectivity index (χ3n) is 5.70. The highest BCUT2D eigenvalue weighted by molar-refractivity contribution is 5.50. The van der Waals surface area contributed by atoms with Crippen molar-refractivity contribution in [2.45, 2.75) is 71.3 Å². The zero-order valence-corrected chi connectivity index (χ0v) is 16.9. The molecule has 0 spiro atoms. The normalized spacial score (nSPS) is 21.4. The van der Waals surface area contributed by atoms with Crippen LogP contribution in [0.2, 0.25) is 0 Å². The van der Waals surface area contributed by atoms with Crippen molar-refractivity contribution < 1.29 is 5.11 Å². The van der Waals surface area contributed by atoms with Gasteiger partial charge in [0.2, 0.25) is 0 Å². The Kier molecular flexibility index (Phi) is 4.93. The predicted octanol–water partition coefficient (Wildman–Crippen LogP) is 4.34. The van der Waals surface area contributed by atoms with E-state index < -0.39 is 0 Å². The molecule has 1 heterocycles. The van der Waals surface area contributed by atoms with Crippen molar-refractivity contribution in [3.8, 4) is 5.75 Å². The minimum absolute atomic E-state index is 0.0579. The summed E-state index contributed by atoms with van der Waals surface area (Å²) >= 11 is 0. The molecule has 1 aliphatic carbocycles. The van der Waals surface area contributed by atoms with Crippen molar-refractivity contribution in [3.05, 3.63) is 28.8 Å². The summed E-state index contributed by atoms with van der Waals surface area (Å²) in [4.78, 5) is 2.67. The smallest absolute Gasteiger partial charge is 0.123 e. The number of benzene rings is 1. The second kappa shape index (κ2) is 6.59. The molecule has 1 atom stereocenters. The fourth-order valence-corrected chi connectivity index (χ4v) is 4.12. The SMILES string of the molecule is CC(C)(C)c1cc([C@H](C2CC2)N2CCNCC2)cc(C(C)(C)C)c1O. The van der Waals surface area contributed by atoms with E-state index in [1.54, 1.807) is 0 Å². The number of rotatable bonds is 3. The fraction of sp³-hybridized carbons (Fsp3) is 0.727. The summed E-state index contributed by atoms with van der Waals surface area (Å²) in [6.07, 6.45) is 2.68. The van der Waals surface area contributed by atoms with Crippen LogP contribution >= 0.6 is 0 Å². The van der Waals surface area contributed by atoms with E-state index in [1.807, 2.05) is 0 Å². The Labute approximate surface area is 153 Å². The molecule has 2 fully saturated rings. The molecule has 3 nitrogen and oxygen atoms in total. The Balaban J connectivity index is 2.10. The number of aromatic hydroxyl groups is 1. The largest absolute Gasteiger partial charge is 0.507 e. The number of hydrogen-bond donors (Lipinski definition) is 2. The van der Waals surface area contributed by atoms with Gasteiger partial charge in [-0.15, -0.1) is 0 Å². The van der Waals surface area contributed by atoms with E-state index in [1.165, 1.54) is 18.4 Å². The lowest BCUT2D eigenvalue weighted by atomic mass is 9.77. The molecule has 2 N–H and O–H groups in total. The molecule has 1 aromatic carbocycles. The first-order chi connectivity index (χ1) is 11.6. The molecule has 1 saturated carbocycles. The van der Waals surface area contributed by atoms with Crippen LogP contribution in [-0.2, 0) is 10.8 Å². The van der Waals surface area contributed by atoms with Crippen molar-refractivity contribution >= 4 is 0 Å². The summed E-state index contributed by atoms with van der Waals surface area (Å²) in [5, 5.41) is 14.5. The van der Waals surface area contributed by atoms with E-state index >= 15 is 0 Å². The van der Waals surface area contributed by atoms with Gasteiger partial charge < -0.3 is 10.4 Å². The number of nitrogens with zero attached hydrogens (tertiary/aromatic N) is 1. The molecular formula is C22H36N2O.